The Balaban J connectivity index is 1.94. The number of rotatable bonds is 6. The number of hydrogen-bond donors (Lipinski definition) is 1. The van der Waals surface area contributed by atoms with Gasteiger partial charge in [-0.15, -0.1) is 0 Å². The van der Waals surface area contributed by atoms with E-state index in [0.29, 0.717) is 16.6 Å². The summed E-state index contributed by atoms with van der Waals surface area (Å²) in [6.07, 6.45) is 3.67. The third-order valence-electron chi connectivity index (χ3n) is 4.97. The molecule has 1 aliphatic rings. The maximum absolute atomic E-state index is 14.4. The maximum Gasteiger partial charge on any atom is 0.257 e. The minimum atomic E-state index is -3.23. The van der Waals surface area contributed by atoms with Crippen LogP contribution in [0.25, 0.3) is 11.0 Å². The maximum atomic E-state index is 14.4. The number of nitrogens with one attached hydrogen (secondary N) is 1. The lowest BCUT2D eigenvalue weighted by molar-refractivity contribution is -0.136. The second-order valence-corrected chi connectivity index (χ2v) is 9.78. The van der Waals surface area contributed by atoms with E-state index in [1.807, 2.05) is 0 Å². The fraction of sp³-hybridized carbons (Fsp3) is 0.500. The number of amides is 2. The molecule has 1 N–H and O–H groups in total. The lowest BCUT2D eigenvalue weighted by Gasteiger charge is -2.37. The van der Waals surface area contributed by atoms with E-state index in [1.165, 1.54) is 23.0 Å². The average molecular weight is 410 g/mol. The van der Waals surface area contributed by atoms with Crippen LogP contribution in [0.2, 0.25) is 0 Å². The Morgan fingerprint density at radius 1 is 1.43 bits per heavy atom. The summed E-state index contributed by atoms with van der Waals surface area (Å²) in [4.78, 5) is 35.6. The third-order valence-corrected chi connectivity index (χ3v) is 5.89. The van der Waals surface area contributed by atoms with Crippen LogP contribution in [-0.4, -0.2) is 71.6 Å². The van der Waals surface area contributed by atoms with Crippen LogP contribution >= 0.6 is 0 Å². The van der Waals surface area contributed by atoms with Crippen molar-refractivity contribution in [2.45, 2.75) is 26.4 Å². The van der Waals surface area contributed by atoms with Gasteiger partial charge >= 0.3 is 0 Å². The van der Waals surface area contributed by atoms with E-state index in [-0.39, 0.29) is 42.1 Å². The van der Waals surface area contributed by atoms with Crippen molar-refractivity contribution in [3.8, 4) is 0 Å². The zero-order chi connectivity index (χ0) is 20.8. The van der Waals surface area contributed by atoms with Gasteiger partial charge in [0.05, 0.1) is 24.1 Å². The molecule has 1 atom stereocenters. The zero-order valence-electron chi connectivity index (χ0n) is 16.2. The van der Waals surface area contributed by atoms with Gasteiger partial charge in [0.2, 0.25) is 5.91 Å². The summed E-state index contributed by atoms with van der Waals surface area (Å²) in [6, 6.07) is -0.845. The summed E-state index contributed by atoms with van der Waals surface area (Å²) in [5, 5.41) is 0.446. The number of aromatic amines is 1. The van der Waals surface area contributed by atoms with Gasteiger partial charge < -0.3 is 14.8 Å². The SMILES string of the molecule is CC(C)C(C(=O)N(C)CCS(C)(=O)=O)N1Cc2c(F)cnc3[nH]cc(c23)C1=O. The number of pyridine rings is 1. The molecule has 10 heteroatoms. The summed E-state index contributed by atoms with van der Waals surface area (Å²) in [5.74, 6) is -1.72. The summed E-state index contributed by atoms with van der Waals surface area (Å²) >= 11 is 0. The summed E-state index contributed by atoms with van der Waals surface area (Å²) in [6.45, 7) is 3.56. The fourth-order valence-electron chi connectivity index (χ4n) is 3.50. The van der Waals surface area contributed by atoms with Crippen molar-refractivity contribution >= 4 is 32.7 Å². The number of H-pyrrole nitrogens is 1. The standard InChI is InChI=1S/C18H23FN4O4S/c1-10(2)15(18(25)22(3)5-6-28(4,26)27)23-9-12-13(19)8-21-16-14(12)11(7-20-16)17(23)24/h7-8,10,15H,5-6,9H2,1-4H3,(H,20,21). The van der Waals surface area contributed by atoms with Crippen molar-refractivity contribution in [1.82, 2.24) is 19.8 Å². The van der Waals surface area contributed by atoms with E-state index in [9.17, 15) is 22.4 Å². The summed E-state index contributed by atoms with van der Waals surface area (Å²) in [7, 11) is -1.73. The Hall–Kier alpha value is -2.49. The van der Waals surface area contributed by atoms with Gasteiger partial charge in [-0.2, -0.15) is 0 Å². The van der Waals surface area contributed by atoms with Crippen molar-refractivity contribution in [3.05, 3.63) is 29.3 Å². The number of hydrogen-bond acceptors (Lipinski definition) is 5. The number of nitrogens with zero attached hydrogens (tertiary/aromatic N) is 3. The summed E-state index contributed by atoms with van der Waals surface area (Å²) < 4.78 is 37.2. The minimum Gasteiger partial charge on any atom is -0.345 e. The average Bonchev–Trinajstić information content (AvgIpc) is 3.03. The second-order valence-electron chi connectivity index (χ2n) is 7.52. The fourth-order valence-corrected chi connectivity index (χ4v) is 4.11. The van der Waals surface area contributed by atoms with E-state index in [4.69, 9.17) is 0 Å². The number of sulfone groups is 1. The van der Waals surface area contributed by atoms with Gasteiger partial charge in [0.1, 0.15) is 27.3 Å². The molecule has 0 bridgehead atoms. The first-order valence-electron chi connectivity index (χ1n) is 8.89. The van der Waals surface area contributed by atoms with Gasteiger partial charge in [0.15, 0.2) is 0 Å². The summed E-state index contributed by atoms with van der Waals surface area (Å²) in [5.41, 5.74) is 1.02. The van der Waals surface area contributed by atoms with Crippen LogP contribution < -0.4 is 0 Å². The predicted octanol–water partition coefficient (Wildman–Crippen LogP) is 1.19. The van der Waals surface area contributed by atoms with Crippen LogP contribution in [0.3, 0.4) is 0 Å². The Bertz CT molecular complexity index is 1050. The van der Waals surface area contributed by atoms with Crippen LogP contribution in [0.4, 0.5) is 4.39 Å². The highest BCUT2D eigenvalue weighted by molar-refractivity contribution is 7.90. The molecule has 0 spiro atoms. The molecule has 2 amide bonds. The van der Waals surface area contributed by atoms with Gasteiger partial charge in [0.25, 0.3) is 5.91 Å². The van der Waals surface area contributed by atoms with Gasteiger partial charge in [-0.1, -0.05) is 13.8 Å². The van der Waals surface area contributed by atoms with E-state index >= 15 is 0 Å². The van der Waals surface area contributed by atoms with Gasteiger partial charge in [-0.05, 0) is 5.92 Å². The molecule has 0 fully saturated rings. The van der Waals surface area contributed by atoms with Gasteiger partial charge in [0, 0.05) is 37.0 Å². The van der Waals surface area contributed by atoms with Crippen molar-refractivity contribution in [3.63, 3.8) is 0 Å². The largest absolute Gasteiger partial charge is 0.345 e. The second kappa shape index (κ2) is 7.16. The molecule has 0 saturated carbocycles. The van der Waals surface area contributed by atoms with Crippen LogP contribution in [0.5, 0.6) is 0 Å². The van der Waals surface area contributed by atoms with Crippen molar-refractivity contribution in [2.75, 3.05) is 25.6 Å². The van der Waals surface area contributed by atoms with Gasteiger partial charge in [-0.3, -0.25) is 9.59 Å². The molecular weight excluding hydrogens is 387 g/mol. The molecule has 3 heterocycles. The first kappa shape index (κ1) is 20.2. The molecular formula is C18H23FN4O4S. The topological polar surface area (TPSA) is 103 Å². The van der Waals surface area contributed by atoms with E-state index in [1.54, 1.807) is 13.8 Å². The normalized spacial score (nSPS) is 15.4. The molecule has 0 aromatic carbocycles. The van der Waals surface area contributed by atoms with Crippen molar-refractivity contribution in [1.29, 1.82) is 0 Å². The highest BCUT2D eigenvalue weighted by Gasteiger charge is 2.39. The molecule has 3 rings (SSSR count). The number of carbonyl (C=O) groups excluding carboxylic acids is 2. The number of halogens is 1. The zero-order valence-corrected chi connectivity index (χ0v) is 17.0. The molecule has 1 aliphatic heterocycles. The van der Waals surface area contributed by atoms with Crippen molar-refractivity contribution in [2.24, 2.45) is 5.92 Å². The number of carbonyl (C=O) groups is 2. The number of aromatic nitrogens is 2. The Kier molecular flexibility index (Phi) is 5.18. The first-order chi connectivity index (χ1) is 13.0. The quantitative estimate of drug-likeness (QED) is 0.770. The Morgan fingerprint density at radius 2 is 2.11 bits per heavy atom. The molecule has 152 valence electrons. The van der Waals surface area contributed by atoms with Crippen molar-refractivity contribution < 1.29 is 22.4 Å². The van der Waals surface area contributed by atoms with Gasteiger partial charge in [-0.25, -0.2) is 17.8 Å². The Morgan fingerprint density at radius 3 is 2.71 bits per heavy atom. The molecule has 1 unspecified atom stereocenters. The number of likely N-dealkylation sites (N-methyl/N-ethyl adjacent to an activating group) is 1. The molecule has 8 nitrogen and oxygen atoms in total. The highest BCUT2D eigenvalue weighted by Crippen LogP contribution is 2.33. The minimum absolute atomic E-state index is 0.0200. The highest BCUT2D eigenvalue weighted by atomic mass is 32.2. The van der Waals surface area contributed by atoms with E-state index < -0.39 is 21.7 Å². The molecule has 0 radical (unpaired) electrons. The van der Waals surface area contributed by atoms with Crippen LogP contribution in [0.15, 0.2) is 12.4 Å². The lowest BCUT2D eigenvalue weighted by atomic mass is 9.95. The van der Waals surface area contributed by atoms with E-state index in [0.717, 1.165) is 12.5 Å². The molecule has 2 aromatic rings. The lowest BCUT2D eigenvalue weighted by Crippen LogP contribution is -2.53. The van der Waals surface area contributed by atoms with Crippen LogP contribution in [-0.2, 0) is 21.2 Å². The Labute approximate surface area is 162 Å². The first-order valence-corrected chi connectivity index (χ1v) is 11.0. The molecule has 0 aliphatic carbocycles. The molecule has 0 saturated heterocycles. The van der Waals surface area contributed by atoms with E-state index in [2.05, 4.69) is 9.97 Å². The monoisotopic (exact) mass is 410 g/mol. The molecule has 2 aromatic heterocycles. The van der Waals surface area contributed by atoms with Crippen LogP contribution in [0.1, 0.15) is 29.8 Å². The molecule has 28 heavy (non-hydrogen) atoms. The van der Waals surface area contributed by atoms with Crippen LogP contribution in [0, 0.1) is 11.7 Å². The third kappa shape index (κ3) is 3.60. The predicted molar refractivity (Wildman–Crippen MR) is 102 cm³/mol. The smallest absolute Gasteiger partial charge is 0.257 e.